The monoisotopic (exact) mass is 208 g/mol. The lowest BCUT2D eigenvalue weighted by molar-refractivity contribution is -0.140. The van der Waals surface area contributed by atoms with Gasteiger partial charge >= 0.3 is 6.18 Å². The molecule has 1 aromatic heterocycles. The lowest BCUT2D eigenvalue weighted by atomic mass is 10.2. The summed E-state index contributed by atoms with van der Waals surface area (Å²) in [4.78, 5) is 13.2. The Morgan fingerprint density at radius 1 is 1.36 bits per heavy atom. The van der Waals surface area contributed by atoms with Crippen molar-refractivity contribution in [1.29, 1.82) is 0 Å². The fourth-order valence-electron chi connectivity index (χ4n) is 0.783. The van der Waals surface area contributed by atoms with Crippen molar-refractivity contribution in [2.45, 2.75) is 6.18 Å². The van der Waals surface area contributed by atoms with Crippen LogP contribution in [0.3, 0.4) is 0 Å². The Bertz CT molecular complexity index is 374. The summed E-state index contributed by atoms with van der Waals surface area (Å²) in [5, 5.41) is 0. The van der Waals surface area contributed by atoms with Crippen molar-refractivity contribution in [3.63, 3.8) is 0 Å². The van der Waals surface area contributed by atoms with Gasteiger partial charge in [0, 0.05) is 0 Å². The number of halogens is 4. The van der Waals surface area contributed by atoms with Crippen LogP contribution in [-0.4, -0.2) is 10.9 Å². The van der Waals surface area contributed by atoms with Gasteiger partial charge in [-0.05, 0) is 12.1 Å². The maximum absolute atomic E-state index is 12.7. The molecule has 0 saturated heterocycles. The highest BCUT2D eigenvalue weighted by atomic mass is 19.4. The van der Waals surface area contributed by atoms with Gasteiger partial charge in [-0.25, -0.2) is 4.98 Å². The zero-order valence-corrected chi connectivity index (χ0v) is 6.60. The molecule has 0 aliphatic rings. The minimum Gasteiger partial charge on any atom is -0.364 e. The fraction of sp³-hybridized carbons (Fsp3) is 0.143. The number of nitrogens with zero attached hydrogens (tertiary/aromatic N) is 1. The Hall–Kier alpha value is -1.66. The average Bonchev–Trinajstić information content (AvgIpc) is 2.01. The molecule has 0 atom stereocenters. The van der Waals surface area contributed by atoms with E-state index in [2.05, 4.69) is 4.98 Å². The largest absolute Gasteiger partial charge is 0.420 e. The zero-order valence-electron chi connectivity index (χ0n) is 6.60. The van der Waals surface area contributed by atoms with E-state index in [1.165, 1.54) is 0 Å². The van der Waals surface area contributed by atoms with Gasteiger partial charge in [0.25, 0.3) is 5.91 Å². The number of aromatic nitrogens is 1. The van der Waals surface area contributed by atoms with Gasteiger partial charge in [0.15, 0.2) is 0 Å². The zero-order chi connectivity index (χ0) is 10.9. The second-order valence-corrected chi connectivity index (χ2v) is 2.40. The van der Waals surface area contributed by atoms with E-state index in [0.29, 0.717) is 12.1 Å². The van der Waals surface area contributed by atoms with Crippen LogP contribution in [0.4, 0.5) is 17.6 Å². The molecule has 2 N–H and O–H groups in total. The standard InChI is InChI=1S/C7H4F4N2O/c8-5-3(7(9,10)11)1-2-4(13-5)6(12)14/h1-2H,(H2,12,14). The predicted molar refractivity (Wildman–Crippen MR) is 37.7 cm³/mol. The molecule has 0 spiro atoms. The highest BCUT2D eigenvalue weighted by Crippen LogP contribution is 2.30. The summed E-state index contributed by atoms with van der Waals surface area (Å²) in [7, 11) is 0. The lowest BCUT2D eigenvalue weighted by Gasteiger charge is -2.06. The van der Waals surface area contributed by atoms with E-state index in [1.807, 2.05) is 0 Å². The van der Waals surface area contributed by atoms with E-state index in [0.717, 1.165) is 0 Å². The van der Waals surface area contributed by atoms with Crippen LogP contribution in [0.15, 0.2) is 12.1 Å². The van der Waals surface area contributed by atoms with Crippen molar-refractivity contribution < 1.29 is 22.4 Å². The second kappa shape index (κ2) is 3.24. The van der Waals surface area contributed by atoms with Gasteiger partial charge in [-0.15, -0.1) is 0 Å². The molecule has 0 unspecified atom stereocenters. The quantitative estimate of drug-likeness (QED) is 0.559. The maximum Gasteiger partial charge on any atom is 0.420 e. The van der Waals surface area contributed by atoms with Crippen LogP contribution in [0.5, 0.6) is 0 Å². The number of hydrogen-bond donors (Lipinski definition) is 1. The van der Waals surface area contributed by atoms with Crippen LogP contribution >= 0.6 is 0 Å². The minimum absolute atomic E-state index is 0.419. The van der Waals surface area contributed by atoms with Crippen LogP contribution in [0.1, 0.15) is 16.1 Å². The third kappa shape index (κ3) is 1.98. The van der Waals surface area contributed by atoms with Gasteiger partial charge in [-0.3, -0.25) is 4.79 Å². The van der Waals surface area contributed by atoms with Gasteiger partial charge in [0.1, 0.15) is 11.3 Å². The molecular weight excluding hydrogens is 204 g/mol. The lowest BCUT2D eigenvalue weighted by Crippen LogP contribution is -2.16. The minimum atomic E-state index is -4.83. The summed E-state index contributed by atoms with van der Waals surface area (Å²) in [5.74, 6) is -2.84. The van der Waals surface area contributed by atoms with Crippen LogP contribution < -0.4 is 5.73 Å². The molecule has 1 aromatic rings. The molecule has 0 aliphatic heterocycles. The van der Waals surface area contributed by atoms with Crippen LogP contribution in [0.2, 0.25) is 0 Å². The molecule has 0 fully saturated rings. The van der Waals surface area contributed by atoms with E-state index in [1.54, 1.807) is 0 Å². The predicted octanol–water partition coefficient (Wildman–Crippen LogP) is 1.34. The first-order valence-electron chi connectivity index (χ1n) is 3.36. The Labute approximate surface area is 75.5 Å². The Kier molecular flexibility index (Phi) is 2.41. The summed E-state index contributed by atoms with van der Waals surface area (Å²) < 4.78 is 48.6. The molecule has 3 nitrogen and oxygen atoms in total. The third-order valence-corrected chi connectivity index (χ3v) is 1.41. The first-order chi connectivity index (χ1) is 6.32. The summed E-state index contributed by atoms with van der Waals surface area (Å²) >= 11 is 0. The number of primary amides is 1. The van der Waals surface area contributed by atoms with E-state index >= 15 is 0 Å². The number of carbonyl (C=O) groups is 1. The molecule has 1 rings (SSSR count). The summed E-state index contributed by atoms with van der Waals surface area (Å²) in [6.45, 7) is 0. The number of carbonyl (C=O) groups excluding carboxylic acids is 1. The van der Waals surface area contributed by atoms with Gasteiger partial charge in [-0.1, -0.05) is 0 Å². The van der Waals surface area contributed by atoms with Gasteiger partial charge in [0.05, 0.1) is 0 Å². The van der Waals surface area contributed by atoms with Crippen molar-refractivity contribution in [2.24, 2.45) is 5.73 Å². The molecular formula is C7H4F4N2O. The molecule has 1 amide bonds. The first-order valence-corrected chi connectivity index (χ1v) is 3.36. The van der Waals surface area contributed by atoms with Crippen molar-refractivity contribution in [2.75, 3.05) is 0 Å². The van der Waals surface area contributed by atoms with E-state index in [-0.39, 0.29) is 0 Å². The van der Waals surface area contributed by atoms with Gasteiger partial charge < -0.3 is 5.73 Å². The van der Waals surface area contributed by atoms with E-state index < -0.39 is 29.3 Å². The molecule has 7 heteroatoms. The molecule has 0 radical (unpaired) electrons. The SMILES string of the molecule is NC(=O)c1ccc(C(F)(F)F)c(F)n1. The van der Waals surface area contributed by atoms with Gasteiger partial charge in [0.2, 0.25) is 5.95 Å². The Morgan fingerprint density at radius 3 is 2.29 bits per heavy atom. The topological polar surface area (TPSA) is 56.0 Å². The van der Waals surface area contributed by atoms with E-state index in [4.69, 9.17) is 5.73 Å². The van der Waals surface area contributed by atoms with Crippen molar-refractivity contribution in [3.05, 3.63) is 29.3 Å². The smallest absolute Gasteiger partial charge is 0.364 e. The molecule has 0 aromatic carbocycles. The second-order valence-electron chi connectivity index (χ2n) is 2.40. The number of nitrogens with two attached hydrogens (primary N) is 1. The Morgan fingerprint density at radius 2 is 1.93 bits per heavy atom. The van der Waals surface area contributed by atoms with Gasteiger partial charge in [-0.2, -0.15) is 17.6 Å². The number of pyridine rings is 1. The fourth-order valence-corrected chi connectivity index (χ4v) is 0.783. The van der Waals surface area contributed by atoms with E-state index in [9.17, 15) is 22.4 Å². The summed E-state index contributed by atoms with van der Waals surface area (Å²) in [5.41, 5.74) is 2.62. The normalized spacial score (nSPS) is 11.4. The van der Waals surface area contributed by atoms with Crippen LogP contribution in [0, 0.1) is 5.95 Å². The molecule has 14 heavy (non-hydrogen) atoms. The average molecular weight is 208 g/mol. The first kappa shape index (κ1) is 10.4. The summed E-state index contributed by atoms with van der Waals surface area (Å²) in [6, 6.07) is 1.14. The molecule has 76 valence electrons. The highest BCUT2D eigenvalue weighted by molar-refractivity contribution is 5.90. The maximum atomic E-state index is 12.7. The number of rotatable bonds is 1. The molecule has 0 saturated carbocycles. The number of alkyl halides is 3. The van der Waals surface area contributed by atoms with Crippen molar-refractivity contribution in [3.8, 4) is 0 Å². The Balaban J connectivity index is 3.21. The number of amides is 1. The third-order valence-electron chi connectivity index (χ3n) is 1.41. The van der Waals surface area contributed by atoms with Crippen LogP contribution in [-0.2, 0) is 6.18 Å². The van der Waals surface area contributed by atoms with Crippen molar-refractivity contribution >= 4 is 5.91 Å². The molecule has 1 heterocycles. The highest BCUT2D eigenvalue weighted by Gasteiger charge is 2.35. The number of hydrogen-bond acceptors (Lipinski definition) is 2. The molecule has 0 aliphatic carbocycles. The van der Waals surface area contributed by atoms with Crippen molar-refractivity contribution in [1.82, 2.24) is 4.98 Å². The van der Waals surface area contributed by atoms with Crippen LogP contribution in [0.25, 0.3) is 0 Å². The molecule has 0 bridgehead atoms. The summed E-state index contributed by atoms with van der Waals surface area (Å²) in [6.07, 6.45) is -4.83.